The summed E-state index contributed by atoms with van der Waals surface area (Å²) >= 11 is 4.11. The van der Waals surface area contributed by atoms with Crippen molar-refractivity contribution in [1.29, 1.82) is 0 Å². The quantitative estimate of drug-likeness (QED) is 0.594. The lowest BCUT2D eigenvalue weighted by Crippen LogP contribution is -1.51. The SMILES string of the molecule is Cc1cc(I)cs1. The molecule has 1 rings (SSSR count). The summed E-state index contributed by atoms with van der Waals surface area (Å²) in [5.74, 6) is 0. The van der Waals surface area contributed by atoms with Gasteiger partial charge in [0.25, 0.3) is 0 Å². The first-order chi connectivity index (χ1) is 3.29. The molecule has 2 heteroatoms. The lowest BCUT2D eigenvalue weighted by atomic mass is 10.5. The number of halogens is 1. The summed E-state index contributed by atoms with van der Waals surface area (Å²) in [6.07, 6.45) is 0. The van der Waals surface area contributed by atoms with Gasteiger partial charge >= 0.3 is 0 Å². The molecule has 1 aromatic rings. The molecule has 0 amide bonds. The highest BCUT2D eigenvalue weighted by Gasteiger charge is 1.86. The van der Waals surface area contributed by atoms with Gasteiger partial charge in [0.1, 0.15) is 0 Å². The lowest BCUT2D eigenvalue weighted by molar-refractivity contribution is 1.62. The Morgan fingerprint density at radius 1 is 1.71 bits per heavy atom. The van der Waals surface area contributed by atoms with Crippen molar-refractivity contribution in [3.8, 4) is 0 Å². The van der Waals surface area contributed by atoms with Gasteiger partial charge < -0.3 is 0 Å². The third-order valence-electron chi connectivity index (χ3n) is 0.699. The molecular weight excluding hydrogens is 219 g/mol. The molecule has 0 radical (unpaired) electrons. The fourth-order valence-corrected chi connectivity index (χ4v) is 2.03. The molecule has 0 aliphatic rings. The van der Waals surface area contributed by atoms with E-state index in [4.69, 9.17) is 0 Å². The summed E-state index contributed by atoms with van der Waals surface area (Å²) in [6.45, 7) is 2.12. The smallest absolute Gasteiger partial charge is 0.0240 e. The summed E-state index contributed by atoms with van der Waals surface area (Å²) < 4.78 is 1.35. The Hall–Kier alpha value is 0.430. The molecule has 0 saturated carbocycles. The van der Waals surface area contributed by atoms with E-state index in [-0.39, 0.29) is 0 Å². The largest absolute Gasteiger partial charge is 0.148 e. The van der Waals surface area contributed by atoms with Crippen molar-refractivity contribution in [3.05, 3.63) is 19.9 Å². The number of hydrogen-bond donors (Lipinski definition) is 0. The molecule has 0 aromatic carbocycles. The van der Waals surface area contributed by atoms with Crippen LogP contribution < -0.4 is 0 Å². The minimum atomic E-state index is 1.35. The van der Waals surface area contributed by atoms with Gasteiger partial charge in [-0.3, -0.25) is 0 Å². The van der Waals surface area contributed by atoms with E-state index in [1.54, 1.807) is 11.3 Å². The van der Waals surface area contributed by atoms with Gasteiger partial charge in [0, 0.05) is 13.8 Å². The summed E-state index contributed by atoms with van der Waals surface area (Å²) in [6, 6.07) is 2.17. The summed E-state index contributed by atoms with van der Waals surface area (Å²) in [5, 5.41) is 2.15. The lowest BCUT2D eigenvalue weighted by Gasteiger charge is -1.68. The van der Waals surface area contributed by atoms with Crippen LogP contribution in [0.25, 0.3) is 0 Å². The van der Waals surface area contributed by atoms with Gasteiger partial charge in [-0.15, -0.1) is 11.3 Å². The summed E-state index contributed by atoms with van der Waals surface area (Å²) in [7, 11) is 0. The molecule has 0 N–H and O–H groups in total. The van der Waals surface area contributed by atoms with Crippen LogP contribution in [0.3, 0.4) is 0 Å². The van der Waals surface area contributed by atoms with E-state index in [1.807, 2.05) is 0 Å². The van der Waals surface area contributed by atoms with Crippen molar-refractivity contribution in [2.24, 2.45) is 0 Å². The predicted molar refractivity (Wildman–Crippen MR) is 41.8 cm³/mol. The number of rotatable bonds is 0. The van der Waals surface area contributed by atoms with Gasteiger partial charge in [-0.05, 0) is 35.6 Å². The molecule has 0 atom stereocenters. The van der Waals surface area contributed by atoms with Crippen molar-refractivity contribution >= 4 is 33.9 Å². The average Bonchev–Trinajstić information content (AvgIpc) is 1.87. The van der Waals surface area contributed by atoms with Crippen LogP contribution in [-0.4, -0.2) is 0 Å². The van der Waals surface area contributed by atoms with Crippen molar-refractivity contribution in [2.45, 2.75) is 6.92 Å². The second kappa shape index (κ2) is 2.13. The highest BCUT2D eigenvalue weighted by atomic mass is 127. The molecule has 0 fully saturated rings. The normalized spacial score (nSPS) is 9.43. The molecule has 0 aliphatic heterocycles. The highest BCUT2D eigenvalue weighted by Crippen LogP contribution is 2.13. The van der Waals surface area contributed by atoms with Gasteiger partial charge in [-0.1, -0.05) is 0 Å². The van der Waals surface area contributed by atoms with Crippen LogP contribution in [0, 0.1) is 10.5 Å². The van der Waals surface area contributed by atoms with Crippen LogP contribution in [-0.2, 0) is 0 Å². The zero-order chi connectivity index (χ0) is 5.28. The topological polar surface area (TPSA) is 0 Å². The number of aryl methyl sites for hydroxylation is 1. The van der Waals surface area contributed by atoms with Crippen molar-refractivity contribution in [2.75, 3.05) is 0 Å². The van der Waals surface area contributed by atoms with Crippen LogP contribution in [0.4, 0.5) is 0 Å². The van der Waals surface area contributed by atoms with Gasteiger partial charge in [-0.25, -0.2) is 0 Å². The fourth-order valence-electron chi connectivity index (χ4n) is 0.411. The summed E-state index contributed by atoms with van der Waals surface area (Å²) in [5.41, 5.74) is 0. The molecule has 0 nitrogen and oxygen atoms in total. The molecule has 0 saturated heterocycles. The Morgan fingerprint density at radius 3 is 2.57 bits per heavy atom. The third kappa shape index (κ3) is 1.42. The van der Waals surface area contributed by atoms with Crippen LogP contribution >= 0.6 is 33.9 Å². The Labute approximate surface area is 60.7 Å². The van der Waals surface area contributed by atoms with Crippen LogP contribution in [0.15, 0.2) is 11.4 Å². The molecule has 38 valence electrons. The minimum absolute atomic E-state index is 1.35. The number of hydrogen-bond acceptors (Lipinski definition) is 1. The zero-order valence-corrected chi connectivity index (χ0v) is 6.91. The standard InChI is InChI=1S/C5H5IS/c1-4-2-5(6)3-7-4/h2-3H,1H3. The van der Waals surface area contributed by atoms with E-state index < -0.39 is 0 Å². The Bertz CT molecular complexity index is 140. The van der Waals surface area contributed by atoms with Gasteiger partial charge in [0.05, 0.1) is 0 Å². The van der Waals surface area contributed by atoms with Gasteiger partial charge in [0.15, 0.2) is 0 Å². The molecular formula is C5H5IS. The van der Waals surface area contributed by atoms with E-state index in [0.29, 0.717) is 0 Å². The van der Waals surface area contributed by atoms with Gasteiger partial charge in [0.2, 0.25) is 0 Å². The minimum Gasteiger partial charge on any atom is -0.148 e. The first-order valence-corrected chi connectivity index (χ1v) is 3.95. The first-order valence-electron chi connectivity index (χ1n) is 1.99. The monoisotopic (exact) mass is 224 g/mol. The molecule has 0 spiro atoms. The maximum Gasteiger partial charge on any atom is 0.0240 e. The van der Waals surface area contributed by atoms with E-state index in [9.17, 15) is 0 Å². The molecule has 1 aromatic heterocycles. The van der Waals surface area contributed by atoms with Crippen LogP contribution in [0.1, 0.15) is 4.88 Å². The highest BCUT2D eigenvalue weighted by molar-refractivity contribution is 14.1. The van der Waals surface area contributed by atoms with E-state index >= 15 is 0 Å². The second-order valence-corrected chi connectivity index (χ2v) is 3.74. The summed E-state index contributed by atoms with van der Waals surface area (Å²) in [4.78, 5) is 1.39. The Balaban J connectivity index is 3.04. The molecule has 7 heavy (non-hydrogen) atoms. The predicted octanol–water partition coefficient (Wildman–Crippen LogP) is 2.66. The molecule has 0 aliphatic carbocycles. The van der Waals surface area contributed by atoms with Crippen LogP contribution in [0.2, 0.25) is 0 Å². The first kappa shape index (κ1) is 5.56. The average molecular weight is 224 g/mol. The van der Waals surface area contributed by atoms with Crippen molar-refractivity contribution < 1.29 is 0 Å². The number of thiophene rings is 1. The van der Waals surface area contributed by atoms with Crippen LogP contribution in [0.5, 0.6) is 0 Å². The Morgan fingerprint density at radius 2 is 2.43 bits per heavy atom. The molecule has 0 bridgehead atoms. The Kier molecular flexibility index (Phi) is 1.69. The zero-order valence-electron chi connectivity index (χ0n) is 3.94. The maximum atomic E-state index is 2.31. The van der Waals surface area contributed by atoms with Gasteiger partial charge in [-0.2, -0.15) is 0 Å². The van der Waals surface area contributed by atoms with E-state index in [0.717, 1.165) is 0 Å². The molecule has 0 unspecified atom stereocenters. The van der Waals surface area contributed by atoms with E-state index in [2.05, 4.69) is 41.0 Å². The van der Waals surface area contributed by atoms with E-state index in [1.165, 1.54) is 8.45 Å². The third-order valence-corrected chi connectivity index (χ3v) is 2.61. The fraction of sp³-hybridized carbons (Fsp3) is 0.200. The second-order valence-electron chi connectivity index (χ2n) is 1.38. The van der Waals surface area contributed by atoms with Crippen molar-refractivity contribution in [1.82, 2.24) is 0 Å². The molecule has 1 heterocycles. The maximum absolute atomic E-state index is 2.31. The van der Waals surface area contributed by atoms with Crippen molar-refractivity contribution in [3.63, 3.8) is 0 Å².